The molecule has 0 aliphatic rings. The van der Waals surface area contributed by atoms with Crippen LogP contribution in [0.2, 0.25) is 0 Å². The maximum atomic E-state index is 13.0. The first-order valence-corrected chi connectivity index (χ1v) is 5.11. The quantitative estimate of drug-likeness (QED) is 0.894. The van der Waals surface area contributed by atoms with E-state index < -0.39 is 11.6 Å². The van der Waals surface area contributed by atoms with Crippen molar-refractivity contribution in [3.63, 3.8) is 0 Å². The first-order valence-electron chi connectivity index (χ1n) is 5.11. The summed E-state index contributed by atoms with van der Waals surface area (Å²) in [5, 5.41) is 6.54. The Morgan fingerprint density at radius 2 is 1.82 bits per heavy atom. The Hall–Kier alpha value is -1.98. The number of halogens is 2. The zero-order valence-electron chi connectivity index (χ0n) is 9.37. The molecule has 0 saturated heterocycles. The molecule has 1 aromatic carbocycles. The summed E-state index contributed by atoms with van der Waals surface area (Å²) in [5.41, 5.74) is 0.239. The van der Waals surface area contributed by atoms with E-state index >= 15 is 0 Å². The zero-order chi connectivity index (χ0) is 12.4. The Balaban J connectivity index is 2.30. The number of hydrogen-bond donors (Lipinski definition) is 1. The van der Waals surface area contributed by atoms with Gasteiger partial charge in [-0.3, -0.25) is 0 Å². The van der Waals surface area contributed by atoms with Gasteiger partial charge in [-0.25, -0.2) is 8.78 Å². The van der Waals surface area contributed by atoms with Crippen LogP contribution in [-0.2, 0) is 0 Å². The van der Waals surface area contributed by atoms with E-state index in [-0.39, 0.29) is 23.4 Å². The summed E-state index contributed by atoms with van der Waals surface area (Å²) >= 11 is 0. The van der Waals surface area contributed by atoms with Gasteiger partial charge in [0.25, 0.3) is 0 Å². The summed E-state index contributed by atoms with van der Waals surface area (Å²) in [6.45, 7) is 3.82. The molecule has 0 unspecified atom stereocenters. The lowest BCUT2D eigenvalue weighted by Crippen LogP contribution is -2.09. The first-order chi connectivity index (χ1) is 8.04. The molecule has 0 atom stereocenters. The van der Waals surface area contributed by atoms with E-state index in [0.717, 1.165) is 18.2 Å². The molecule has 1 aromatic heterocycles. The van der Waals surface area contributed by atoms with Crippen molar-refractivity contribution in [2.24, 2.45) is 0 Å². The Bertz CT molecular complexity index is 505. The molecule has 2 aromatic rings. The second kappa shape index (κ2) is 4.48. The summed E-state index contributed by atoms with van der Waals surface area (Å²) in [5.74, 6) is -1.21. The minimum absolute atomic E-state index is 0.132. The molecule has 0 radical (unpaired) electrons. The second-order valence-corrected chi connectivity index (χ2v) is 3.88. The van der Waals surface area contributed by atoms with Crippen molar-refractivity contribution in [1.82, 2.24) is 10.1 Å². The van der Waals surface area contributed by atoms with E-state index in [9.17, 15) is 8.78 Å². The molecule has 0 saturated carbocycles. The SMILES string of the molecule is CC(C)Nc1nc(-c2cc(F)cc(F)c2)no1. The van der Waals surface area contributed by atoms with Gasteiger partial charge in [-0.05, 0) is 26.0 Å². The summed E-state index contributed by atoms with van der Waals surface area (Å²) < 4.78 is 30.9. The molecule has 1 N–H and O–H groups in total. The van der Waals surface area contributed by atoms with Crippen LogP contribution >= 0.6 is 0 Å². The summed E-state index contributed by atoms with van der Waals surface area (Å²) in [6.07, 6.45) is 0. The Labute approximate surface area is 96.6 Å². The van der Waals surface area contributed by atoms with Gasteiger partial charge in [0.1, 0.15) is 11.6 Å². The fourth-order valence-corrected chi connectivity index (χ4v) is 1.33. The highest BCUT2D eigenvalue weighted by Crippen LogP contribution is 2.20. The predicted octanol–water partition coefficient (Wildman–Crippen LogP) is 2.84. The second-order valence-electron chi connectivity index (χ2n) is 3.88. The third-order valence-corrected chi connectivity index (χ3v) is 1.96. The molecule has 6 heteroatoms. The fourth-order valence-electron chi connectivity index (χ4n) is 1.33. The van der Waals surface area contributed by atoms with Crippen LogP contribution < -0.4 is 5.32 Å². The van der Waals surface area contributed by atoms with E-state index in [2.05, 4.69) is 15.5 Å². The molecule has 0 fully saturated rings. The van der Waals surface area contributed by atoms with Gasteiger partial charge in [0.15, 0.2) is 0 Å². The van der Waals surface area contributed by atoms with Crippen molar-refractivity contribution in [1.29, 1.82) is 0 Å². The van der Waals surface area contributed by atoms with Crippen molar-refractivity contribution in [3.8, 4) is 11.4 Å². The first kappa shape index (κ1) is 11.5. The molecule has 0 aliphatic heterocycles. The average Bonchev–Trinajstić information content (AvgIpc) is 2.63. The maximum Gasteiger partial charge on any atom is 0.321 e. The van der Waals surface area contributed by atoms with E-state index in [1.165, 1.54) is 0 Å². The van der Waals surface area contributed by atoms with Crippen molar-refractivity contribution >= 4 is 6.01 Å². The van der Waals surface area contributed by atoms with Crippen molar-refractivity contribution in [3.05, 3.63) is 29.8 Å². The third-order valence-electron chi connectivity index (χ3n) is 1.96. The van der Waals surface area contributed by atoms with Gasteiger partial charge in [-0.1, -0.05) is 5.16 Å². The fraction of sp³-hybridized carbons (Fsp3) is 0.273. The lowest BCUT2D eigenvalue weighted by molar-refractivity contribution is 0.429. The molecular formula is C11H11F2N3O. The summed E-state index contributed by atoms with van der Waals surface area (Å²) in [6, 6.07) is 3.43. The van der Waals surface area contributed by atoms with Crippen LogP contribution in [0.5, 0.6) is 0 Å². The van der Waals surface area contributed by atoms with Gasteiger partial charge in [0.2, 0.25) is 5.82 Å². The van der Waals surface area contributed by atoms with E-state index in [0.29, 0.717) is 0 Å². The average molecular weight is 239 g/mol. The number of anilines is 1. The number of nitrogens with zero attached hydrogens (tertiary/aromatic N) is 2. The number of aromatic nitrogens is 2. The highest BCUT2D eigenvalue weighted by atomic mass is 19.1. The standard InChI is InChI=1S/C11H11F2N3O/c1-6(2)14-11-15-10(16-17-11)7-3-8(12)5-9(13)4-7/h3-6H,1-2H3,(H,14,15,16). The van der Waals surface area contributed by atoms with Crippen molar-refractivity contribution < 1.29 is 13.3 Å². The van der Waals surface area contributed by atoms with E-state index in [1.807, 2.05) is 13.8 Å². The van der Waals surface area contributed by atoms with E-state index in [1.54, 1.807) is 0 Å². The van der Waals surface area contributed by atoms with Crippen LogP contribution in [0.1, 0.15) is 13.8 Å². The lowest BCUT2D eigenvalue weighted by atomic mass is 10.2. The molecule has 0 bridgehead atoms. The van der Waals surface area contributed by atoms with Crippen LogP contribution in [0.3, 0.4) is 0 Å². The van der Waals surface area contributed by atoms with Crippen LogP contribution in [0.15, 0.2) is 22.7 Å². The molecule has 0 aliphatic carbocycles. The van der Waals surface area contributed by atoms with Crippen LogP contribution in [0.25, 0.3) is 11.4 Å². The summed E-state index contributed by atoms with van der Waals surface area (Å²) in [7, 11) is 0. The highest BCUT2D eigenvalue weighted by Gasteiger charge is 2.11. The molecule has 90 valence electrons. The smallest absolute Gasteiger partial charge is 0.321 e. The largest absolute Gasteiger partial charge is 0.336 e. The summed E-state index contributed by atoms with van der Waals surface area (Å²) in [4.78, 5) is 3.98. The molecule has 2 rings (SSSR count). The number of rotatable bonds is 3. The molecule has 17 heavy (non-hydrogen) atoms. The predicted molar refractivity (Wildman–Crippen MR) is 58.4 cm³/mol. The van der Waals surface area contributed by atoms with Crippen LogP contribution in [0, 0.1) is 11.6 Å². The molecule has 0 amide bonds. The highest BCUT2D eigenvalue weighted by molar-refractivity contribution is 5.55. The van der Waals surface area contributed by atoms with Crippen LogP contribution in [0.4, 0.5) is 14.8 Å². The monoisotopic (exact) mass is 239 g/mol. The third kappa shape index (κ3) is 2.77. The number of benzene rings is 1. The normalized spacial score (nSPS) is 10.9. The van der Waals surface area contributed by atoms with E-state index in [4.69, 9.17) is 4.52 Å². The van der Waals surface area contributed by atoms with Crippen molar-refractivity contribution in [2.75, 3.05) is 5.32 Å². The topological polar surface area (TPSA) is 51.0 Å². The maximum absolute atomic E-state index is 13.0. The van der Waals surface area contributed by atoms with Gasteiger partial charge in [-0.15, -0.1) is 0 Å². The van der Waals surface area contributed by atoms with Gasteiger partial charge >= 0.3 is 6.01 Å². The number of nitrogens with one attached hydrogen (secondary N) is 1. The Kier molecular flexibility index (Phi) is 3.03. The number of hydrogen-bond acceptors (Lipinski definition) is 4. The Morgan fingerprint density at radius 1 is 1.18 bits per heavy atom. The van der Waals surface area contributed by atoms with Gasteiger partial charge in [0.05, 0.1) is 0 Å². The lowest BCUT2D eigenvalue weighted by Gasteiger charge is -2.01. The zero-order valence-corrected chi connectivity index (χ0v) is 9.37. The molecule has 1 heterocycles. The van der Waals surface area contributed by atoms with Gasteiger partial charge in [0, 0.05) is 17.7 Å². The van der Waals surface area contributed by atoms with Crippen LogP contribution in [-0.4, -0.2) is 16.2 Å². The molecule has 4 nitrogen and oxygen atoms in total. The Morgan fingerprint density at radius 3 is 2.41 bits per heavy atom. The molecular weight excluding hydrogens is 228 g/mol. The van der Waals surface area contributed by atoms with Gasteiger partial charge < -0.3 is 9.84 Å². The van der Waals surface area contributed by atoms with Crippen molar-refractivity contribution in [2.45, 2.75) is 19.9 Å². The molecule has 0 spiro atoms. The minimum Gasteiger partial charge on any atom is -0.336 e. The minimum atomic E-state index is -0.678. The van der Waals surface area contributed by atoms with Gasteiger partial charge in [-0.2, -0.15) is 4.98 Å².